The quantitative estimate of drug-likeness (QED) is 0.541. The van der Waals surface area contributed by atoms with Crippen LogP contribution >= 0.6 is 0 Å². The lowest BCUT2D eigenvalue weighted by Gasteiger charge is -2.17. The highest BCUT2D eigenvalue weighted by atomic mass is 16.3. The Morgan fingerprint density at radius 2 is 1.85 bits per heavy atom. The summed E-state index contributed by atoms with van der Waals surface area (Å²) in [5, 5.41) is 23.9. The van der Waals surface area contributed by atoms with E-state index in [4.69, 9.17) is 5.73 Å². The molecule has 6 nitrogen and oxygen atoms in total. The lowest BCUT2D eigenvalue weighted by atomic mass is 10.0. The fourth-order valence-corrected chi connectivity index (χ4v) is 2.96. The van der Waals surface area contributed by atoms with Gasteiger partial charge < -0.3 is 21.3 Å². The average Bonchev–Trinajstić information content (AvgIpc) is 2.59. The molecule has 0 saturated heterocycles. The SMILES string of the molecule is CC(C)C[C@@H](N)CNc1nc(-c2ccc(O)cc2O)nc2ccccc12. The summed E-state index contributed by atoms with van der Waals surface area (Å²) < 4.78 is 0. The van der Waals surface area contributed by atoms with Crippen LogP contribution in [0.25, 0.3) is 22.3 Å². The van der Waals surface area contributed by atoms with Crippen molar-refractivity contribution in [2.75, 3.05) is 11.9 Å². The molecule has 0 saturated carbocycles. The van der Waals surface area contributed by atoms with Crippen LogP contribution in [-0.4, -0.2) is 32.8 Å². The van der Waals surface area contributed by atoms with Crippen molar-refractivity contribution in [3.8, 4) is 22.9 Å². The number of para-hydroxylation sites is 1. The number of benzene rings is 2. The number of phenols is 2. The second-order valence-electron chi connectivity index (χ2n) is 6.88. The predicted octanol–water partition coefficient (Wildman–Crippen LogP) is 3.49. The minimum atomic E-state index is -0.0669. The Bertz CT molecular complexity index is 911. The molecular weight excluding hydrogens is 328 g/mol. The number of fused-ring (bicyclic) bond motifs is 1. The fraction of sp³-hybridized carbons (Fsp3) is 0.300. The van der Waals surface area contributed by atoms with Gasteiger partial charge in [0.2, 0.25) is 0 Å². The molecular formula is C20H24N4O2. The Kier molecular flexibility index (Phi) is 5.23. The maximum Gasteiger partial charge on any atom is 0.165 e. The summed E-state index contributed by atoms with van der Waals surface area (Å²) in [5.74, 6) is 1.52. The maximum absolute atomic E-state index is 10.1. The van der Waals surface area contributed by atoms with Crippen LogP contribution in [-0.2, 0) is 0 Å². The lowest BCUT2D eigenvalue weighted by molar-refractivity contribution is 0.451. The number of hydrogen-bond donors (Lipinski definition) is 4. The standard InChI is InChI=1S/C20H24N4O2/c1-12(2)9-13(21)11-22-19-15-5-3-4-6-17(15)23-20(24-19)16-8-7-14(25)10-18(16)26/h3-8,10,12-13,25-26H,9,11,21H2,1-2H3,(H,22,23,24)/t13-/m1/s1. The van der Waals surface area contributed by atoms with Crippen LogP contribution in [0.15, 0.2) is 42.5 Å². The maximum atomic E-state index is 10.1. The topological polar surface area (TPSA) is 104 Å². The second kappa shape index (κ2) is 7.58. The van der Waals surface area contributed by atoms with E-state index < -0.39 is 0 Å². The summed E-state index contributed by atoms with van der Waals surface area (Å²) in [5.41, 5.74) is 7.41. The van der Waals surface area contributed by atoms with Crippen molar-refractivity contribution >= 4 is 16.7 Å². The van der Waals surface area contributed by atoms with Crippen LogP contribution in [0.4, 0.5) is 5.82 Å². The van der Waals surface area contributed by atoms with E-state index in [1.807, 2.05) is 24.3 Å². The molecule has 3 rings (SSSR count). The first kappa shape index (κ1) is 17.9. The van der Waals surface area contributed by atoms with Gasteiger partial charge in [0.25, 0.3) is 0 Å². The molecule has 1 atom stereocenters. The zero-order valence-corrected chi connectivity index (χ0v) is 15.0. The minimum Gasteiger partial charge on any atom is -0.508 e. The molecule has 0 aliphatic heterocycles. The summed E-state index contributed by atoms with van der Waals surface area (Å²) in [7, 11) is 0. The molecule has 0 radical (unpaired) electrons. The molecule has 0 unspecified atom stereocenters. The van der Waals surface area contributed by atoms with Crippen molar-refractivity contribution in [2.24, 2.45) is 11.7 Å². The zero-order valence-electron chi connectivity index (χ0n) is 15.0. The molecule has 0 spiro atoms. The Morgan fingerprint density at radius 1 is 1.08 bits per heavy atom. The highest BCUT2D eigenvalue weighted by Crippen LogP contribution is 2.32. The third-order valence-corrected chi connectivity index (χ3v) is 4.13. The van der Waals surface area contributed by atoms with Gasteiger partial charge in [0, 0.05) is 24.0 Å². The molecule has 1 aromatic heterocycles. The smallest absolute Gasteiger partial charge is 0.165 e. The molecule has 2 aromatic carbocycles. The van der Waals surface area contributed by atoms with Crippen molar-refractivity contribution < 1.29 is 10.2 Å². The van der Waals surface area contributed by atoms with E-state index >= 15 is 0 Å². The number of nitrogens with one attached hydrogen (secondary N) is 1. The largest absolute Gasteiger partial charge is 0.508 e. The van der Waals surface area contributed by atoms with Crippen LogP contribution in [0.2, 0.25) is 0 Å². The third kappa shape index (κ3) is 4.03. The Morgan fingerprint density at radius 3 is 2.58 bits per heavy atom. The number of nitrogens with zero attached hydrogens (tertiary/aromatic N) is 2. The van der Waals surface area contributed by atoms with Gasteiger partial charge in [-0.2, -0.15) is 0 Å². The van der Waals surface area contributed by atoms with E-state index in [0.717, 1.165) is 17.3 Å². The van der Waals surface area contributed by atoms with Crippen molar-refractivity contribution in [2.45, 2.75) is 26.3 Å². The number of anilines is 1. The van der Waals surface area contributed by atoms with E-state index in [2.05, 4.69) is 29.1 Å². The molecule has 0 bridgehead atoms. The Hall–Kier alpha value is -2.86. The molecule has 0 fully saturated rings. The molecule has 6 heteroatoms. The number of nitrogens with two attached hydrogens (primary N) is 1. The van der Waals surface area contributed by atoms with Crippen LogP contribution in [0, 0.1) is 5.92 Å². The zero-order chi connectivity index (χ0) is 18.7. The van der Waals surface area contributed by atoms with Crippen LogP contribution in [0.1, 0.15) is 20.3 Å². The van der Waals surface area contributed by atoms with Gasteiger partial charge in [-0.1, -0.05) is 26.0 Å². The highest BCUT2D eigenvalue weighted by Gasteiger charge is 2.14. The van der Waals surface area contributed by atoms with Crippen LogP contribution < -0.4 is 11.1 Å². The Balaban J connectivity index is 1.98. The molecule has 0 aliphatic carbocycles. The first-order valence-electron chi connectivity index (χ1n) is 8.72. The first-order chi connectivity index (χ1) is 12.4. The predicted molar refractivity (Wildman–Crippen MR) is 104 cm³/mol. The third-order valence-electron chi connectivity index (χ3n) is 4.13. The van der Waals surface area contributed by atoms with Gasteiger partial charge in [-0.15, -0.1) is 0 Å². The van der Waals surface area contributed by atoms with Gasteiger partial charge in [-0.05, 0) is 36.6 Å². The van der Waals surface area contributed by atoms with Crippen molar-refractivity contribution in [3.63, 3.8) is 0 Å². The summed E-state index contributed by atoms with van der Waals surface area (Å²) in [4.78, 5) is 9.14. The fourth-order valence-electron chi connectivity index (χ4n) is 2.96. The molecule has 5 N–H and O–H groups in total. The van der Waals surface area contributed by atoms with Gasteiger partial charge >= 0.3 is 0 Å². The molecule has 26 heavy (non-hydrogen) atoms. The van der Waals surface area contributed by atoms with Gasteiger partial charge in [0.05, 0.1) is 11.1 Å². The van der Waals surface area contributed by atoms with Gasteiger partial charge in [-0.3, -0.25) is 0 Å². The van der Waals surface area contributed by atoms with Crippen molar-refractivity contribution in [1.29, 1.82) is 0 Å². The van der Waals surface area contributed by atoms with Crippen LogP contribution in [0.5, 0.6) is 11.5 Å². The minimum absolute atomic E-state index is 0.00922. The molecule has 136 valence electrons. The van der Waals surface area contributed by atoms with E-state index in [1.54, 1.807) is 6.07 Å². The molecule has 0 amide bonds. The summed E-state index contributed by atoms with van der Waals surface area (Å²) >= 11 is 0. The molecule has 3 aromatic rings. The highest BCUT2D eigenvalue weighted by molar-refractivity contribution is 5.90. The monoisotopic (exact) mass is 352 g/mol. The second-order valence-corrected chi connectivity index (χ2v) is 6.88. The number of phenolic OH excluding ortho intramolecular Hbond substituents is 2. The van der Waals surface area contributed by atoms with Crippen molar-refractivity contribution in [3.05, 3.63) is 42.5 Å². The number of aromatic nitrogens is 2. The first-order valence-corrected chi connectivity index (χ1v) is 8.72. The van der Waals surface area contributed by atoms with Gasteiger partial charge in [0.15, 0.2) is 5.82 Å². The summed E-state index contributed by atoms with van der Waals surface area (Å²) in [6.45, 7) is 4.89. The van der Waals surface area contributed by atoms with Crippen LogP contribution in [0.3, 0.4) is 0 Å². The Labute approximate surface area is 152 Å². The van der Waals surface area contributed by atoms with E-state index in [9.17, 15) is 10.2 Å². The summed E-state index contributed by atoms with van der Waals surface area (Å²) in [6.07, 6.45) is 0.918. The average molecular weight is 352 g/mol. The van der Waals surface area contributed by atoms with E-state index in [-0.39, 0.29) is 17.5 Å². The number of rotatable bonds is 6. The number of hydrogen-bond acceptors (Lipinski definition) is 6. The lowest BCUT2D eigenvalue weighted by Crippen LogP contribution is -2.30. The van der Waals surface area contributed by atoms with Gasteiger partial charge in [0.1, 0.15) is 17.3 Å². The normalized spacial score (nSPS) is 12.5. The number of aromatic hydroxyl groups is 2. The van der Waals surface area contributed by atoms with E-state index in [0.29, 0.717) is 29.7 Å². The van der Waals surface area contributed by atoms with Crippen molar-refractivity contribution in [1.82, 2.24) is 9.97 Å². The molecule has 1 heterocycles. The van der Waals surface area contributed by atoms with E-state index in [1.165, 1.54) is 12.1 Å². The van der Waals surface area contributed by atoms with Gasteiger partial charge in [-0.25, -0.2) is 9.97 Å². The molecule has 0 aliphatic rings. The summed E-state index contributed by atoms with van der Waals surface area (Å²) in [6, 6.07) is 12.1.